The van der Waals surface area contributed by atoms with E-state index in [-0.39, 0.29) is 41.0 Å². The summed E-state index contributed by atoms with van der Waals surface area (Å²) in [4.78, 5) is 25.0. The van der Waals surface area contributed by atoms with Crippen LogP contribution >= 0.6 is 0 Å². The monoisotopic (exact) mass is 574 g/mol. The van der Waals surface area contributed by atoms with E-state index in [4.69, 9.17) is 9.47 Å². The van der Waals surface area contributed by atoms with Crippen LogP contribution in [0.25, 0.3) is 0 Å². The highest BCUT2D eigenvalue weighted by molar-refractivity contribution is 5.67. The van der Waals surface area contributed by atoms with Crippen molar-refractivity contribution >= 4 is 11.9 Å². The summed E-state index contributed by atoms with van der Waals surface area (Å²) in [6.45, 7) is 18.7. The van der Waals surface area contributed by atoms with E-state index in [0.29, 0.717) is 43.4 Å². The molecule has 0 amide bonds. The van der Waals surface area contributed by atoms with Gasteiger partial charge < -0.3 is 24.8 Å². The second kappa shape index (κ2) is 10.3. The molecule has 5 aliphatic rings. The van der Waals surface area contributed by atoms with Gasteiger partial charge in [0.2, 0.25) is 0 Å². The first-order valence-electron chi connectivity index (χ1n) is 16.1. The third-order valence-corrected chi connectivity index (χ3v) is 13.5. The molecule has 7 nitrogen and oxygen atoms in total. The van der Waals surface area contributed by atoms with E-state index in [1.807, 2.05) is 6.08 Å². The average molecular weight is 575 g/mol. The molecule has 0 heterocycles. The van der Waals surface area contributed by atoms with Crippen molar-refractivity contribution in [3.63, 3.8) is 0 Å². The Kier molecular flexibility index (Phi) is 7.81. The first-order chi connectivity index (χ1) is 19.0. The zero-order valence-electron chi connectivity index (χ0n) is 26.6. The number of esters is 2. The summed E-state index contributed by atoms with van der Waals surface area (Å²) in [5.74, 6) is 0.0762. The third-order valence-electron chi connectivity index (χ3n) is 13.5. The zero-order chi connectivity index (χ0) is 30.4. The van der Waals surface area contributed by atoms with E-state index in [2.05, 4.69) is 48.5 Å². The molecule has 15 atom stereocenters. The van der Waals surface area contributed by atoms with E-state index < -0.39 is 47.3 Å². The molecule has 7 heteroatoms. The van der Waals surface area contributed by atoms with E-state index in [9.17, 15) is 24.9 Å². The lowest BCUT2D eigenvalue weighted by molar-refractivity contribution is -0.238. The Morgan fingerprint density at radius 3 is 2.17 bits per heavy atom. The summed E-state index contributed by atoms with van der Waals surface area (Å²) in [5, 5.41) is 34.8. The molecule has 0 aromatic heterocycles. The predicted molar refractivity (Wildman–Crippen MR) is 155 cm³/mol. The number of hydrogen-bond acceptors (Lipinski definition) is 7. The maximum absolute atomic E-state index is 12.6. The standard InChI is InChI=1S/C34H54O7/c1-16(2)18(4)33(8)15-24(33)17(3)23-14-26(40-19(5)35)28-27-25(38)13-21-12-22(37)10-11-32(21,7)29(27)30(41-20(6)36)31(39)34(23,28)9/h13,16-18,22-31,37-39H,10-12,14-15H2,1-9H3. The highest BCUT2D eigenvalue weighted by Crippen LogP contribution is 2.71. The molecule has 0 aliphatic heterocycles. The van der Waals surface area contributed by atoms with Crippen LogP contribution in [0.1, 0.15) is 94.4 Å². The molecule has 4 saturated carbocycles. The first kappa shape index (κ1) is 31.0. The first-order valence-corrected chi connectivity index (χ1v) is 16.1. The molecule has 4 fully saturated rings. The van der Waals surface area contributed by atoms with Crippen LogP contribution < -0.4 is 0 Å². The van der Waals surface area contributed by atoms with Gasteiger partial charge in [-0.3, -0.25) is 9.59 Å². The lowest BCUT2D eigenvalue weighted by Gasteiger charge is -2.63. The Labute approximate surface area is 246 Å². The normalized spacial score (nSPS) is 50.1. The van der Waals surface area contributed by atoms with Crippen molar-refractivity contribution in [1.82, 2.24) is 0 Å². The Morgan fingerprint density at radius 2 is 1.59 bits per heavy atom. The average Bonchev–Trinajstić information content (AvgIpc) is 3.48. The van der Waals surface area contributed by atoms with Crippen molar-refractivity contribution < 1.29 is 34.4 Å². The second-order valence-electron chi connectivity index (χ2n) is 15.7. The maximum atomic E-state index is 12.6. The van der Waals surface area contributed by atoms with Crippen molar-refractivity contribution in [2.24, 2.45) is 63.6 Å². The number of carbonyl (C=O) groups is 2. The van der Waals surface area contributed by atoms with Gasteiger partial charge in [-0.25, -0.2) is 0 Å². The number of hydrogen-bond donors (Lipinski definition) is 3. The fourth-order valence-electron chi connectivity index (χ4n) is 11.0. The molecule has 0 spiro atoms. The van der Waals surface area contributed by atoms with E-state index in [1.165, 1.54) is 13.8 Å². The van der Waals surface area contributed by atoms with Crippen LogP contribution in [0, 0.1) is 63.6 Å². The van der Waals surface area contributed by atoms with Crippen LogP contribution in [0.15, 0.2) is 11.6 Å². The van der Waals surface area contributed by atoms with Crippen molar-refractivity contribution in [3.8, 4) is 0 Å². The molecule has 0 bridgehead atoms. The van der Waals surface area contributed by atoms with Gasteiger partial charge >= 0.3 is 11.9 Å². The Bertz CT molecular complexity index is 1080. The number of aliphatic hydroxyl groups excluding tert-OH is 3. The summed E-state index contributed by atoms with van der Waals surface area (Å²) in [6, 6.07) is 0. The topological polar surface area (TPSA) is 113 Å². The minimum atomic E-state index is -0.978. The SMILES string of the molecule is CC(=O)OC1CC(C(C)C2CC2(C)C(C)C(C)C)C2(C)C(O)C(OC(C)=O)C3C(C(O)C=C4CC(O)CCC43C)C12. The highest BCUT2D eigenvalue weighted by atomic mass is 16.6. The Hall–Kier alpha value is -1.44. The molecule has 5 aliphatic carbocycles. The predicted octanol–water partition coefficient (Wildman–Crippen LogP) is 4.91. The van der Waals surface area contributed by atoms with Gasteiger partial charge in [-0.05, 0) is 72.5 Å². The summed E-state index contributed by atoms with van der Waals surface area (Å²) >= 11 is 0. The molecule has 41 heavy (non-hydrogen) atoms. The van der Waals surface area contributed by atoms with E-state index in [0.717, 1.165) is 12.0 Å². The lowest BCUT2D eigenvalue weighted by atomic mass is 9.44. The highest BCUT2D eigenvalue weighted by Gasteiger charge is 2.73. The molecule has 15 unspecified atom stereocenters. The number of carbonyl (C=O) groups excluding carboxylic acids is 2. The van der Waals surface area contributed by atoms with Crippen molar-refractivity contribution in [3.05, 3.63) is 11.6 Å². The van der Waals surface area contributed by atoms with Crippen LogP contribution in [0.3, 0.4) is 0 Å². The number of ether oxygens (including phenoxy) is 2. The summed E-state index contributed by atoms with van der Waals surface area (Å²) in [6.07, 6.45) is 1.85. The van der Waals surface area contributed by atoms with Gasteiger partial charge in [0, 0.05) is 37.0 Å². The fraction of sp³-hybridized carbons (Fsp3) is 0.882. The van der Waals surface area contributed by atoms with Gasteiger partial charge in [-0.15, -0.1) is 0 Å². The molecule has 3 N–H and O–H groups in total. The summed E-state index contributed by atoms with van der Waals surface area (Å²) in [7, 11) is 0. The van der Waals surface area contributed by atoms with Crippen LogP contribution in [0.4, 0.5) is 0 Å². The van der Waals surface area contributed by atoms with Gasteiger partial charge in [0.05, 0.1) is 18.3 Å². The molecule has 232 valence electrons. The lowest BCUT2D eigenvalue weighted by Crippen LogP contribution is -2.68. The van der Waals surface area contributed by atoms with Gasteiger partial charge in [0.25, 0.3) is 0 Å². The minimum Gasteiger partial charge on any atom is -0.462 e. The van der Waals surface area contributed by atoms with Gasteiger partial charge in [-0.1, -0.05) is 60.1 Å². The molecule has 0 aromatic carbocycles. The second-order valence-corrected chi connectivity index (χ2v) is 15.7. The molecule has 0 saturated heterocycles. The van der Waals surface area contributed by atoms with E-state index >= 15 is 0 Å². The van der Waals surface area contributed by atoms with Crippen LogP contribution in [0.5, 0.6) is 0 Å². The van der Waals surface area contributed by atoms with Crippen molar-refractivity contribution in [1.29, 1.82) is 0 Å². The Morgan fingerprint density at radius 1 is 0.951 bits per heavy atom. The van der Waals surface area contributed by atoms with Crippen molar-refractivity contribution in [2.45, 2.75) is 125 Å². The largest absolute Gasteiger partial charge is 0.462 e. The Balaban J connectivity index is 1.61. The maximum Gasteiger partial charge on any atom is 0.303 e. The number of rotatable bonds is 6. The van der Waals surface area contributed by atoms with Crippen molar-refractivity contribution in [2.75, 3.05) is 0 Å². The molecule has 5 rings (SSSR count). The van der Waals surface area contributed by atoms with Crippen LogP contribution in [-0.4, -0.2) is 57.8 Å². The van der Waals surface area contributed by atoms with Gasteiger partial charge in [0.1, 0.15) is 12.2 Å². The van der Waals surface area contributed by atoms with Crippen LogP contribution in [-0.2, 0) is 19.1 Å². The fourth-order valence-corrected chi connectivity index (χ4v) is 11.0. The molecule has 0 aromatic rings. The molecule has 0 radical (unpaired) electrons. The number of fused-ring (bicyclic) bond motifs is 5. The van der Waals surface area contributed by atoms with Gasteiger partial charge in [-0.2, -0.15) is 0 Å². The zero-order valence-corrected chi connectivity index (χ0v) is 26.6. The number of aliphatic hydroxyl groups is 3. The van der Waals surface area contributed by atoms with Crippen LogP contribution in [0.2, 0.25) is 0 Å². The smallest absolute Gasteiger partial charge is 0.303 e. The quantitative estimate of drug-likeness (QED) is 0.305. The summed E-state index contributed by atoms with van der Waals surface area (Å²) in [5.41, 5.74) is -0.00389. The molecular formula is C34H54O7. The van der Waals surface area contributed by atoms with E-state index in [1.54, 1.807) is 0 Å². The van der Waals surface area contributed by atoms with Gasteiger partial charge in [0.15, 0.2) is 0 Å². The third kappa shape index (κ3) is 4.63. The minimum absolute atomic E-state index is 0.0237. The molecular weight excluding hydrogens is 520 g/mol. The summed E-state index contributed by atoms with van der Waals surface area (Å²) < 4.78 is 12.2.